The number of nitrogens with zero attached hydrogens (tertiary/aromatic N) is 1. The van der Waals surface area contributed by atoms with Gasteiger partial charge in [0.05, 0.1) is 6.61 Å². The molecule has 0 aromatic heterocycles. The normalized spacial score (nSPS) is 12.3. The highest BCUT2D eigenvalue weighted by atomic mass is 16.5. The Kier molecular flexibility index (Phi) is 36.6. The number of hydrogen-bond donors (Lipinski definition) is 2. The molecule has 0 heterocycles. The Morgan fingerprint density at radius 1 is 0.556 bits per heavy atom. The second-order valence-corrected chi connectivity index (χ2v) is 15.2. The number of hydrogen-bond acceptors (Lipinski definition) is 7. The van der Waals surface area contributed by atoms with E-state index < -0.39 is 5.54 Å². The van der Waals surface area contributed by atoms with Gasteiger partial charge in [-0.05, 0) is 91.0 Å². The number of carbonyl (C=O) groups excluding carboxylic acids is 3. The van der Waals surface area contributed by atoms with Crippen molar-refractivity contribution in [3.63, 3.8) is 0 Å². The van der Waals surface area contributed by atoms with Crippen molar-refractivity contribution in [1.82, 2.24) is 10.2 Å². The summed E-state index contributed by atoms with van der Waals surface area (Å²) in [6.45, 7) is 7.04. The van der Waals surface area contributed by atoms with Gasteiger partial charge in [-0.2, -0.15) is 0 Å². The van der Waals surface area contributed by atoms with Gasteiger partial charge in [0.15, 0.2) is 0 Å². The molecule has 0 radical (unpaired) electrons. The molecule has 0 aromatic rings. The third-order valence-electron chi connectivity index (χ3n) is 9.41. The number of esters is 2. The highest BCUT2D eigenvalue weighted by molar-refractivity contribution is 5.77. The lowest BCUT2D eigenvalue weighted by Gasteiger charge is -2.30. The number of aliphatic hydroxyl groups is 1. The van der Waals surface area contributed by atoms with Crippen molar-refractivity contribution in [2.45, 2.75) is 187 Å². The first-order chi connectivity index (χ1) is 26.3. The summed E-state index contributed by atoms with van der Waals surface area (Å²) < 4.78 is 11.2. The summed E-state index contributed by atoms with van der Waals surface area (Å²) in [5.41, 5.74) is -1.03. The highest BCUT2D eigenvalue weighted by Crippen LogP contribution is 2.13. The molecule has 0 rings (SSSR count). The van der Waals surface area contributed by atoms with Crippen LogP contribution in [0.25, 0.3) is 0 Å². The maximum Gasteiger partial charge on any atom is 0.305 e. The van der Waals surface area contributed by atoms with Crippen LogP contribution in [0, 0.1) is 0 Å². The molecule has 8 nitrogen and oxygen atoms in total. The number of allylic oxidation sites excluding steroid dienone is 8. The van der Waals surface area contributed by atoms with Crippen LogP contribution in [-0.4, -0.2) is 73.3 Å². The van der Waals surface area contributed by atoms with Crippen molar-refractivity contribution >= 4 is 17.8 Å². The van der Waals surface area contributed by atoms with E-state index in [2.05, 4.69) is 67.8 Å². The van der Waals surface area contributed by atoms with Crippen molar-refractivity contribution in [3.05, 3.63) is 48.6 Å². The summed E-state index contributed by atoms with van der Waals surface area (Å²) in [4.78, 5) is 39.9. The Morgan fingerprint density at radius 3 is 1.35 bits per heavy atom. The lowest BCUT2D eigenvalue weighted by molar-refractivity contribution is -0.152. The largest absolute Gasteiger partial charge is 0.463 e. The number of nitrogens with one attached hydrogen (secondary N) is 1. The molecule has 1 amide bonds. The topological polar surface area (TPSA) is 105 Å². The van der Waals surface area contributed by atoms with Crippen LogP contribution in [0.4, 0.5) is 0 Å². The van der Waals surface area contributed by atoms with Gasteiger partial charge in [0.2, 0.25) is 5.91 Å². The van der Waals surface area contributed by atoms with E-state index in [1.807, 2.05) is 11.9 Å². The number of likely N-dealkylation sites (N-methyl/N-ethyl adjacent to an activating group) is 1. The Morgan fingerprint density at radius 2 is 0.944 bits per heavy atom. The average molecular weight is 759 g/mol. The molecule has 0 atom stereocenters. The Labute approximate surface area is 331 Å². The van der Waals surface area contributed by atoms with Crippen LogP contribution in [0.2, 0.25) is 0 Å². The standard InChI is InChI=1S/C46H82N2O6/c1-5-7-9-11-13-15-17-19-21-23-25-27-29-31-33-35-44(51)53-41-46(3,47-43(50)37-38-48(4)39-40-49)42-54-45(52)36-34-32-30-28-26-24-22-20-18-16-14-12-10-8-6-2/h13-16,19-22,49H,5-12,17-18,23-42H2,1-4H3,(H,47,50)/b15-13-,16-14-,21-19-,22-20-. The third kappa shape index (κ3) is 36.3. The summed E-state index contributed by atoms with van der Waals surface area (Å²) in [5, 5.41) is 12.1. The molecule has 8 heteroatoms. The molecule has 0 spiro atoms. The molecule has 2 N–H and O–H groups in total. The number of amides is 1. The van der Waals surface area contributed by atoms with Crippen LogP contribution in [0.5, 0.6) is 0 Å². The molecule has 0 aliphatic rings. The average Bonchev–Trinajstić information content (AvgIpc) is 3.15. The number of aliphatic hydroxyl groups excluding tert-OH is 1. The van der Waals surface area contributed by atoms with Crippen LogP contribution in [-0.2, 0) is 23.9 Å². The third-order valence-corrected chi connectivity index (χ3v) is 9.41. The first kappa shape index (κ1) is 51.3. The maximum atomic E-state index is 12.8. The smallest absolute Gasteiger partial charge is 0.305 e. The van der Waals surface area contributed by atoms with Gasteiger partial charge in [0.25, 0.3) is 0 Å². The summed E-state index contributed by atoms with van der Waals surface area (Å²) in [6.07, 6.45) is 43.5. The first-order valence-corrected chi connectivity index (χ1v) is 21.8. The predicted molar refractivity (Wildman–Crippen MR) is 226 cm³/mol. The second-order valence-electron chi connectivity index (χ2n) is 15.2. The molecule has 0 unspecified atom stereocenters. The zero-order chi connectivity index (χ0) is 39.8. The first-order valence-electron chi connectivity index (χ1n) is 21.8. The predicted octanol–water partition coefficient (Wildman–Crippen LogP) is 10.9. The molecule has 0 fully saturated rings. The fraction of sp³-hybridized carbons (Fsp3) is 0.761. The van der Waals surface area contributed by atoms with Gasteiger partial charge in [-0.3, -0.25) is 14.4 Å². The minimum Gasteiger partial charge on any atom is -0.463 e. The summed E-state index contributed by atoms with van der Waals surface area (Å²) in [6, 6.07) is 0. The van der Waals surface area contributed by atoms with E-state index in [0.717, 1.165) is 89.9 Å². The van der Waals surface area contributed by atoms with E-state index in [4.69, 9.17) is 14.6 Å². The molecule has 0 saturated carbocycles. The van der Waals surface area contributed by atoms with Crippen molar-refractivity contribution in [3.8, 4) is 0 Å². The van der Waals surface area contributed by atoms with Crippen molar-refractivity contribution in [2.24, 2.45) is 0 Å². The molecule has 0 aromatic carbocycles. The minimum absolute atomic E-state index is 0.0190. The molecular weight excluding hydrogens is 677 g/mol. The fourth-order valence-electron chi connectivity index (χ4n) is 5.87. The van der Waals surface area contributed by atoms with Gasteiger partial charge in [-0.15, -0.1) is 0 Å². The fourth-order valence-corrected chi connectivity index (χ4v) is 5.87. The van der Waals surface area contributed by atoms with E-state index in [0.29, 0.717) is 25.9 Å². The van der Waals surface area contributed by atoms with E-state index in [-0.39, 0.29) is 44.1 Å². The summed E-state index contributed by atoms with van der Waals surface area (Å²) in [5.74, 6) is -0.836. The number of unbranched alkanes of at least 4 members (excludes halogenated alkanes) is 16. The molecule has 0 bridgehead atoms. The van der Waals surface area contributed by atoms with E-state index in [1.54, 1.807) is 6.92 Å². The highest BCUT2D eigenvalue weighted by Gasteiger charge is 2.30. The maximum absolute atomic E-state index is 12.8. The SMILES string of the molecule is CCCCC/C=C\C/C=C\CCCCCCCC(=O)OCC(C)(COC(=O)CCCCCCC/C=C\C/C=C\CCCCC)NC(=O)CCN(C)CCO. The van der Waals surface area contributed by atoms with Gasteiger partial charge < -0.3 is 24.8 Å². The van der Waals surface area contributed by atoms with Gasteiger partial charge in [-0.1, -0.05) is 127 Å². The van der Waals surface area contributed by atoms with E-state index >= 15 is 0 Å². The van der Waals surface area contributed by atoms with E-state index in [1.165, 1.54) is 51.4 Å². The number of carbonyl (C=O) groups is 3. The van der Waals surface area contributed by atoms with Crippen LogP contribution in [0.3, 0.4) is 0 Å². The zero-order valence-electron chi connectivity index (χ0n) is 35.3. The second kappa shape index (κ2) is 38.6. The van der Waals surface area contributed by atoms with Crippen LogP contribution in [0.1, 0.15) is 181 Å². The number of ether oxygens (including phenoxy) is 2. The molecule has 0 saturated heterocycles. The molecule has 54 heavy (non-hydrogen) atoms. The summed E-state index contributed by atoms with van der Waals surface area (Å²) in [7, 11) is 1.84. The van der Waals surface area contributed by atoms with Gasteiger partial charge in [0, 0.05) is 32.4 Å². The molecule has 0 aliphatic heterocycles. The van der Waals surface area contributed by atoms with Gasteiger partial charge in [-0.25, -0.2) is 0 Å². The quantitative estimate of drug-likeness (QED) is 0.0367. The van der Waals surface area contributed by atoms with Crippen LogP contribution >= 0.6 is 0 Å². The van der Waals surface area contributed by atoms with Gasteiger partial charge in [0.1, 0.15) is 18.8 Å². The van der Waals surface area contributed by atoms with Crippen molar-refractivity contribution < 1.29 is 29.0 Å². The monoisotopic (exact) mass is 759 g/mol. The Hall–Kier alpha value is -2.71. The minimum atomic E-state index is -1.03. The molecule has 0 aliphatic carbocycles. The number of rotatable bonds is 38. The lowest BCUT2D eigenvalue weighted by Crippen LogP contribution is -2.54. The lowest BCUT2D eigenvalue weighted by atomic mass is 10.0. The Bertz CT molecular complexity index is 959. The van der Waals surface area contributed by atoms with Crippen LogP contribution < -0.4 is 5.32 Å². The van der Waals surface area contributed by atoms with Crippen molar-refractivity contribution in [2.75, 3.05) is 40.0 Å². The molecular formula is C46H82N2O6. The Balaban J connectivity index is 4.41. The van der Waals surface area contributed by atoms with E-state index in [9.17, 15) is 14.4 Å². The van der Waals surface area contributed by atoms with Gasteiger partial charge >= 0.3 is 11.9 Å². The molecule has 312 valence electrons. The zero-order valence-corrected chi connectivity index (χ0v) is 35.3. The van der Waals surface area contributed by atoms with Crippen LogP contribution in [0.15, 0.2) is 48.6 Å². The summed E-state index contributed by atoms with van der Waals surface area (Å²) >= 11 is 0. The van der Waals surface area contributed by atoms with Crippen molar-refractivity contribution in [1.29, 1.82) is 0 Å².